The number of carbonyl (C=O) groups excluding carboxylic acids is 2. The van der Waals surface area contributed by atoms with Crippen LogP contribution in [0.4, 0.5) is 11.5 Å². The summed E-state index contributed by atoms with van der Waals surface area (Å²) in [5.41, 5.74) is 5.85. The molecule has 11 heteroatoms. The molecule has 0 bridgehead atoms. The van der Waals surface area contributed by atoms with Gasteiger partial charge in [-0.2, -0.15) is 0 Å². The molecule has 1 aliphatic carbocycles. The lowest BCUT2D eigenvalue weighted by Gasteiger charge is -2.28. The summed E-state index contributed by atoms with van der Waals surface area (Å²) in [6, 6.07) is 8.55. The van der Waals surface area contributed by atoms with E-state index in [4.69, 9.17) is 10.5 Å². The first-order chi connectivity index (χ1) is 15.2. The van der Waals surface area contributed by atoms with Crippen molar-refractivity contribution < 1.29 is 22.7 Å². The van der Waals surface area contributed by atoms with Gasteiger partial charge in [0.1, 0.15) is 11.2 Å². The molecule has 0 unspecified atom stereocenters. The lowest BCUT2D eigenvalue weighted by atomic mass is 10.1. The highest BCUT2D eigenvalue weighted by Crippen LogP contribution is 2.46. The molecule has 0 spiro atoms. The summed E-state index contributed by atoms with van der Waals surface area (Å²) in [5, 5.41) is 2.73. The highest BCUT2D eigenvalue weighted by molar-refractivity contribution is 7.89. The van der Waals surface area contributed by atoms with Gasteiger partial charge < -0.3 is 20.7 Å². The van der Waals surface area contributed by atoms with E-state index in [1.165, 1.54) is 6.26 Å². The molecule has 2 aliphatic rings. The minimum absolute atomic E-state index is 0.191. The molecule has 4 rings (SSSR count). The maximum atomic E-state index is 12.4. The molecule has 1 saturated carbocycles. The molecule has 0 radical (unpaired) electrons. The van der Waals surface area contributed by atoms with Crippen molar-refractivity contribution in [1.29, 1.82) is 0 Å². The van der Waals surface area contributed by atoms with E-state index < -0.39 is 27.1 Å². The first-order valence-electron chi connectivity index (χ1n) is 10.3. The molecular weight excluding hydrogens is 434 g/mol. The third-order valence-electron chi connectivity index (χ3n) is 5.57. The molecular formula is C21H25N5O5S. The van der Waals surface area contributed by atoms with Crippen molar-refractivity contribution in [3.63, 3.8) is 0 Å². The van der Waals surface area contributed by atoms with Gasteiger partial charge in [-0.15, -0.1) is 0 Å². The Bertz CT molecular complexity index is 1140. The van der Waals surface area contributed by atoms with Crippen molar-refractivity contribution in [2.45, 2.75) is 18.6 Å². The van der Waals surface area contributed by atoms with Crippen molar-refractivity contribution in [3.05, 3.63) is 36.0 Å². The van der Waals surface area contributed by atoms with Crippen LogP contribution in [0.1, 0.15) is 18.5 Å². The van der Waals surface area contributed by atoms with Crippen LogP contribution in [0.2, 0.25) is 0 Å². The van der Waals surface area contributed by atoms with Crippen molar-refractivity contribution in [2.24, 2.45) is 11.1 Å². The van der Waals surface area contributed by atoms with Crippen LogP contribution in [0, 0.1) is 5.41 Å². The molecule has 2 aromatic rings. The van der Waals surface area contributed by atoms with Gasteiger partial charge in [0, 0.05) is 36.7 Å². The first-order valence-corrected chi connectivity index (χ1v) is 12.3. The number of amides is 2. The first kappa shape index (κ1) is 22.2. The number of carbonyl (C=O) groups is 2. The van der Waals surface area contributed by atoms with Crippen LogP contribution in [0.15, 0.2) is 30.3 Å². The number of rotatable bonds is 7. The Morgan fingerprint density at radius 3 is 2.38 bits per heavy atom. The number of aromatic nitrogens is 2. The lowest BCUT2D eigenvalue weighted by molar-refractivity contribution is -0.132. The number of benzene rings is 1. The quantitative estimate of drug-likeness (QED) is 0.577. The van der Waals surface area contributed by atoms with Crippen LogP contribution in [0.5, 0.6) is 0 Å². The number of hydrogen-bond acceptors (Lipinski definition) is 8. The second-order valence-electron chi connectivity index (χ2n) is 8.19. The highest BCUT2D eigenvalue weighted by Gasteiger charge is 2.55. The van der Waals surface area contributed by atoms with Gasteiger partial charge in [-0.05, 0) is 37.1 Å². The van der Waals surface area contributed by atoms with E-state index in [0.29, 0.717) is 67.7 Å². The molecule has 1 aromatic carbocycles. The standard InChI is InChI=1S/C21H25N5O5S/c1-32(29,30)13-16-12-17(26-8-10-31-11-9-26)25-18(23-16)14-2-4-15(5-3-14)24-20(28)21(6-7-21)19(22)27/h2-5,12H,6-11,13H2,1H3,(H2,22,27)(H,24,28). The molecule has 2 amide bonds. The SMILES string of the molecule is CS(=O)(=O)Cc1cc(N2CCOCC2)nc(-c2ccc(NC(=O)C3(C(N)=O)CC3)cc2)n1. The summed E-state index contributed by atoms with van der Waals surface area (Å²) in [6.45, 7) is 2.45. The number of anilines is 2. The third-order valence-corrected chi connectivity index (χ3v) is 6.39. The summed E-state index contributed by atoms with van der Waals surface area (Å²) in [4.78, 5) is 35.0. The lowest BCUT2D eigenvalue weighted by Crippen LogP contribution is -2.37. The molecule has 3 N–H and O–H groups in total. The summed E-state index contributed by atoms with van der Waals surface area (Å²) in [6.07, 6.45) is 2.08. The van der Waals surface area contributed by atoms with E-state index in [-0.39, 0.29) is 5.75 Å². The van der Waals surface area contributed by atoms with Crippen LogP contribution in [-0.4, -0.2) is 62.8 Å². The number of hydrogen-bond donors (Lipinski definition) is 2. The average Bonchev–Trinajstić information content (AvgIpc) is 3.56. The largest absolute Gasteiger partial charge is 0.378 e. The summed E-state index contributed by atoms with van der Waals surface area (Å²) >= 11 is 0. The van der Waals surface area contributed by atoms with E-state index in [0.717, 1.165) is 0 Å². The molecule has 0 atom stereocenters. The van der Waals surface area contributed by atoms with Gasteiger partial charge in [-0.1, -0.05) is 0 Å². The van der Waals surface area contributed by atoms with Gasteiger partial charge in [0.25, 0.3) is 0 Å². The smallest absolute Gasteiger partial charge is 0.240 e. The van der Waals surface area contributed by atoms with E-state index in [1.807, 2.05) is 4.90 Å². The number of primary amides is 1. The van der Waals surface area contributed by atoms with Gasteiger partial charge in [0.2, 0.25) is 11.8 Å². The van der Waals surface area contributed by atoms with Crippen molar-refractivity contribution >= 4 is 33.2 Å². The van der Waals surface area contributed by atoms with Crippen LogP contribution in [0.3, 0.4) is 0 Å². The number of nitrogens with zero attached hydrogens (tertiary/aromatic N) is 3. The average molecular weight is 460 g/mol. The normalized spacial score (nSPS) is 17.6. The minimum atomic E-state index is -3.28. The third kappa shape index (κ3) is 4.89. The second-order valence-corrected chi connectivity index (χ2v) is 10.3. The Kier molecular flexibility index (Phi) is 5.87. The number of sulfone groups is 1. The Morgan fingerprint density at radius 1 is 1.16 bits per heavy atom. The van der Waals surface area contributed by atoms with Crippen molar-refractivity contribution in [3.8, 4) is 11.4 Å². The predicted molar refractivity (Wildman–Crippen MR) is 119 cm³/mol. The van der Waals surface area contributed by atoms with Crippen LogP contribution in [0.25, 0.3) is 11.4 Å². The summed E-state index contributed by atoms with van der Waals surface area (Å²) < 4.78 is 29.1. The van der Waals surface area contributed by atoms with Crippen molar-refractivity contribution in [1.82, 2.24) is 9.97 Å². The zero-order valence-corrected chi connectivity index (χ0v) is 18.5. The molecule has 2 fully saturated rings. The van der Waals surface area contributed by atoms with E-state index in [9.17, 15) is 18.0 Å². The number of nitrogens with two attached hydrogens (primary N) is 1. The molecule has 1 aromatic heterocycles. The van der Waals surface area contributed by atoms with E-state index in [2.05, 4.69) is 15.3 Å². The maximum absolute atomic E-state index is 12.4. The van der Waals surface area contributed by atoms with E-state index >= 15 is 0 Å². The number of nitrogens with one attached hydrogen (secondary N) is 1. The fourth-order valence-corrected chi connectivity index (χ4v) is 4.26. The van der Waals surface area contributed by atoms with Crippen LogP contribution in [-0.2, 0) is 29.9 Å². The molecule has 1 saturated heterocycles. The monoisotopic (exact) mass is 459 g/mol. The summed E-state index contributed by atoms with van der Waals surface area (Å²) in [5.74, 6) is -0.173. The minimum Gasteiger partial charge on any atom is -0.378 e. The number of morpholine rings is 1. The molecule has 32 heavy (non-hydrogen) atoms. The Morgan fingerprint density at radius 2 is 1.81 bits per heavy atom. The fourth-order valence-electron chi connectivity index (χ4n) is 3.57. The van der Waals surface area contributed by atoms with Gasteiger partial charge in [-0.25, -0.2) is 18.4 Å². The summed E-state index contributed by atoms with van der Waals surface area (Å²) in [7, 11) is -3.28. The van der Waals surface area contributed by atoms with Gasteiger partial charge >= 0.3 is 0 Å². The Balaban J connectivity index is 1.59. The molecule has 2 heterocycles. The molecule has 10 nitrogen and oxygen atoms in total. The van der Waals surface area contributed by atoms with E-state index in [1.54, 1.807) is 30.3 Å². The maximum Gasteiger partial charge on any atom is 0.240 e. The zero-order chi connectivity index (χ0) is 22.9. The second kappa shape index (κ2) is 8.47. The molecule has 1 aliphatic heterocycles. The predicted octanol–water partition coefficient (Wildman–Crippen LogP) is 0.729. The topological polar surface area (TPSA) is 145 Å². The van der Waals surface area contributed by atoms with Crippen LogP contribution < -0.4 is 16.0 Å². The van der Waals surface area contributed by atoms with Gasteiger partial charge in [-0.3, -0.25) is 9.59 Å². The zero-order valence-electron chi connectivity index (χ0n) is 17.7. The van der Waals surface area contributed by atoms with Crippen LogP contribution >= 0.6 is 0 Å². The highest BCUT2D eigenvalue weighted by atomic mass is 32.2. The Labute approximate surface area is 186 Å². The molecule has 170 valence electrons. The van der Waals surface area contributed by atoms with Gasteiger partial charge in [0.15, 0.2) is 15.7 Å². The number of ether oxygens (including phenoxy) is 1. The Hall–Kier alpha value is -3.05. The fraction of sp³-hybridized carbons (Fsp3) is 0.429. The van der Waals surface area contributed by atoms with Gasteiger partial charge in [0.05, 0.1) is 24.7 Å². The van der Waals surface area contributed by atoms with Crippen molar-refractivity contribution in [2.75, 3.05) is 42.8 Å².